The van der Waals surface area contributed by atoms with Gasteiger partial charge in [0, 0.05) is 35.4 Å². The molecule has 0 bridgehead atoms. The highest BCUT2D eigenvalue weighted by atomic mass is 32.2. The molecule has 1 fully saturated rings. The van der Waals surface area contributed by atoms with Crippen LogP contribution >= 0.6 is 23.1 Å². The van der Waals surface area contributed by atoms with Crippen LogP contribution in [0.15, 0.2) is 44.6 Å². The van der Waals surface area contributed by atoms with E-state index in [9.17, 15) is 14.7 Å². The third kappa shape index (κ3) is 3.46. The molecule has 0 saturated heterocycles. The number of rotatable bonds is 7. The first kappa shape index (κ1) is 18.1. The molecule has 1 saturated carbocycles. The number of carboxylic acid groups (broad SMARTS) is 1. The number of aliphatic carboxylic acids is 1. The molecule has 4 rings (SSSR count). The van der Waals surface area contributed by atoms with Crippen molar-refractivity contribution in [2.24, 2.45) is 5.16 Å². The molecule has 2 aliphatic rings. The van der Waals surface area contributed by atoms with Crippen LogP contribution in [0.1, 0.15) is 40.8 Å². The summed E-state index contributed by atoms with van der Waals surface area (Å²) in [7, 11) is 0. The molecule has 1 unspecified atom stereocenters. The van der Waals surface area contributed by atoms with E-state index in [4.69, 9.17) is 4.84 Å². The highest BCUT2D eigenvalue weighted by Gasteiger charge is 2.38. The highest BCUT2D eigenvalue weighted by molar-refractivity contribution is 7.99. The van der Waals surface area contributed by atoms with E-state index >= 15 is 0 Å². The van der Waals surface area contributed by atoms with Crippen molar-refractivity contribution in [1.29, 1.82) is 0 Å². The van der Waals surface area contributed by atoms with Crippen LogP contribution in [-0.4, -0.2) is 28.1 Å². The summed E-state index contributed by atoms with van der Waals surface area (Å²) in [5, 5.41) is 15.8. The number of oxime groups is 1. The summed E-state index contributed by atoms with van der Waals surface area (Å²) in [6.07, 6.45) is 4.62. The first-order valence-electron chi connectivity index (χ1n) is 8.61. The normalized spacial score (nSPS) is 19.0. The number of carboxylic acids is 1. The second-order valence-electron chi connectivity index (χ2n) is 6.50. The minimum Gasteiger partial charge on any atom is -0.480 e. The number of thiophene rings is 1. The second-order valence-corrected chi connectivity index (χ2v) is 8.54. The summed E-state index contributed by atoms with van der Waals surface area (Å²) >= 11 is 3.08. The molecule has 0 aromatic carbocycles. The summed E-state index contributed by atoms with van der Waals surface area (Å²) < 4.78 is 1.42. The van der Waals surface area contributed by atoms with E-state index in [1.807, 2.05) is 23.6 Å². The predicted octanol–water partition coefficient (Wildman–Crippen LogP) is 3.73. The Kier molecular flexibility index (Phi) is 4.92. The van der Waals surface area contributed by atoms with Crippen molar-refractivity contribution in [3.05, 3.63) is 56.0 Å². The van der Waals surface area contributed by atoms with Crippen molar-refractivity contribution < 1.29 is 14.7 Å². The number of hydrogen-bond donors (Lipinski definition) is 1. The Morgan fingerprint density at radius 3 is 2.93 bits per heavy atom. The van der Waals surface area contributed by atoms with Gasteiger partial charge in [-0.15, -0.1) is 23.1 Å². The van der Waals surface area contributed by atoms with Crippen molar-refractivity contribution >= 4 is 41.5 Å². The van der Waals surface area contributed by atoms with Gasteiger partial charge in [0.05, 0.1) is 5.03 Å². The number of fused-ring (bicyclic) bond motifs is 1. The van der Waals surface area contributed by atoms with Gasteiger partial charge in [0.1, 0.15) is 6.04 Å². The van der Waals surface area contributed by atoms with Crippen molar-refractivity contribution in [1.82, 2.24) is 4.57 Å². The van der Waals surface area contributed by atoms with Crippen LogP contribution in [-0.2, 0) is 16.1 Å². The van der Waals surface area contributed by atoms with Crippen LogP contribution in [0.3, 0.4) is 0 Å². The largest absolute Gasteiger partial charge is 0.480 e. The van der Waals surface area contributed by atoms with Crippen molar-refractivity contribution in [2.45, 2.75) is 36.2 Å². The zero-order chi connectivity index (χ0) is 19.0. The Bertz CT molecular complexity index is 974. The van der Waals surface area contributed by atoms with Gasteiger partial charge < -0.3 is 9.94 Å². The standard InChI is InChI=1S/C19H18N2O4S2/c1-20-25-15(7-6-12-3-2-8-26-12)13-9-16(22)21-14(19(23)24)10-27-18(21)17(13)11-4-5-11/h2-3,7-9,11,14H,1,4-6,10H2,(H,23,24)/b15-7-. The van der Waals surface area contributed by atoms with E-state index in [0.29, 0.717) is 29.4 Å². The molecule has 27 heavy (non-hydrogen) atoms. The summed E-state index contributed by atoms with van der Waals surface area (Å²) in [6, 6.07) is 4.69. The van der Waals surface area contributed by atoms with E-state index in [1.165, 1.54) is 27.3 Å². The summed E-state index contributed by atoms with van der Waals surface area (Å²) in [5.74, 6) is 0.207. The molecule has 3 heterocycles. The van der Waals surface area contributed by atoms with Crippen LogP contribution in [0, 0.1) is 0 Å². The van der Waals surface area contributed by atoms with Gasteiger partial charge in [-0.3, -0.25) is 9.36 Å². The number of aromatic nitrogens is 1. The zero-order valence-electron chi connectivity index (χ0n) is 14.5. The monoisotopic (exact) mass is 402 g/mol. The fourth-order valence-electron chi connectivity index (χ4n) is 3.33. The SMILES string of the molecule is C=NO/C(=C\Cc1cccs1)c1cc(=O)n2c(c1C1CC1)SCC2C(=O)O. The Balaban J connectivity index is 1.83. The van der Waals surface area contributed by atoms with Gasteiger partial charge in [-0.1, -0.05) is 11.2 Å². The Labute approximate surface area is 164 Å². The van der Waals surface area contributed by atoms with Gasteiger partial charge in [0.25, 0.3) is 5.56 Å². The molecule has 1 N–H and O–H groups in total. The van der Waals surface area contributed by atoms with E-state index in [0.717, 1.165) is 23.4 Å². The van der Waals surface area contributed by atoms with Crippen molar-refractivity contribution in [2.75, 3.05) is 5.75 Å². The Morgan fingerprint density at radius 1 is 1.48 bits per heavy atom. The van der Waals surface area contributed by atoms with Crippen LogP contribution < -0.4 is 5.56 Å². The predicted molar refractivity (Wildman–Crippen MR) is 107 cm³/mol. The summed E-state index contributed by atoms with van der Waals surface area (Å²) in [5.41, 5.74) is 1.39. The first-order valence-corrected chi connectivity index (χ1v) is 10.5. The molecule has 8 heteroatoms. The maximum absolute atomic E-state index is 12.7. The van der Waals surface area contributed by atoms with Gasteiger partial charge in [0.2, 0.25) is 0 Å². The lowest BCUT2D eigenvalue weighted by atomic mass is 10.0. The third-order valence-corrected chi connectivity index (χ3v) is 6.77. The number of hydrogen-bond acceptors (Lipinski definition) is 6. The van der Waals surface area contributed by atoms with Crippen LogP contribution in [0.4, 0.5) is 0 Å². The molecule has 1 aliphatic carbocycles. The lowest BCUT2D eigenvalue weighted by Crippen LogP contribution is -2.29. The number of pyridine rings is 1. The molecule has 6 nitrogen and oxygen atoms in total. The average Bonchev–Trinajstić information content (AvgIpc) is 3.16. The first-order chi connectivity index (χ1) is 13.1. The van der Waals surface area contributed by atoms with Crippen LogP contribution in [0.2, 0.25) is 0 Å². The molecule has 1 atom stereocenters. The minimum atomic E-state index is -0.977. The van der Waals surface area contributed by atoms with E-state index in [1.54, 1.807) is 11.3 Å². The fourth-order valence-corrected chi connectivity index (χ4v) is 5.40. The highest BCUT2D eigenvalue weighted by Crippen LogP contribution is 2.49. The number of thioether (sulfide) groups is 1. The van der Waals surface area contributed by atoms with Crippen molar-refractivity contribution in [3.63, 3.8) is 0 Å². The molecular formula is C19H18N2O4S2. The molecule has 2 aromatic heterocycles. The van der Waals surface area contributed by atoms with Gasteiger partial charge in [-0.2, -0.15) is 0 Å². The smallest absolute Gasteiger partial charge is 0.327 e. The third-order valence-electron chi connectivity index (χ3n) is 4.70. The molecule has 0 amide bonds. The van der Waals surface area contributed by atoms with E-state index in [-0.39, 0.29) is 5.56 Å². The maximum atomic E-state index is 12.7. The Morgan fingerprint density at radius 2 is 2.30 bits per heavy atom. The van der Waals surface area contributed by atoms with E-state index < -0.39 is 12.0 Å². The molecule has 2 aromatic rings. The minimum absolute atomic E-state index is 0.320. The maximum Gasteiger partial charge on any atom is 0.327 e. The molecule has 0 radical (unpaired) electrons. The lowest BCUT2D eigenvalue weighted by Gasteiger charge is -2.16. The van der Waals surface area contributed by atoms with Crippen LogP contribution in [0.25, 0.3) is 5.76 Å². The molecule has 0 spiro atoms. The number of carbonyl (C=O) groups is 1. The second kappa shape index (κ2) is 7.36. The molecular weight excluding hydrogens is 384 g/mol. The van der Waals surface area contributed by atoms with Crippen LogP contribution in [0.5, 0.6) is 0 Å². The zero-order valence-corrected chi connectivity index (χ0v) is 16.1. The lowest BCUT2D eigenvalue weighted by molar-refractivity contribution is -0.140. The van der Waals surface area contributed by atoms with Gasteiger partial charge in [0.15, 0.2) is 5.76 Å². The topological polar surface area (TPSA) is 80.9 Å². The fraction of sp³-hybridized carbons (Fsp3) is 0.316. The van der Waals surface area contributed by atoms with Gasteiger partial charge in [-0.25, -0.2) is 4.79 Å². The molecule has 140 valence electrons. The molecule has 1 aliphatic heterocycles. The van der Waals surface area contributed by atoms with Gasteiger partial charge in [-0.05, 0) is 41.8 Å². The number of nitrogens with zero attached hydrogens (tertiary/aromatic N) is 2. The van der Waals surface area contributed by atoms with E-state index in [2.05, 4.69) is 11.9 Å². The summed E-state index contributed by atoms with van der Waals surface area (Å²) in [6.45, 7) is 3.41. The quantitative estimate of drug-likeness (QED) is 0.434. The van der Waals surface area contributed by atoms with Crippen molar-refractivity contribution in [3.8, 4) is 0 Å². The van der Waals surface area contributed by atoms with Gasteiger partial charge >= 0.3 is 5.97 Å². The average molecular weight is 402 g/mol. The Hall–Kier alpha value is -2.32. The summed E-state index contributed by atoms with van der Waals surface area (Å²) in [4.78, 5) is 30.9. The number of allylic oxidation sites excluding steroid dienone is 1.